The van der Waals surface area contributed by atoms with Crippen LogP contribution in [0.4, 0.5) is 0 Å². The number of thiocarbonyl (C=S) groups is 1. The minimum atomic E-state index is -0.840. The zero-order valence-electron chi connectivity index (χ0n) is 11.3. The van der Waals surface area contributed by atoms with Gasteiger partial charge in [-0.1, -0.05) is 5.21 Å². The summed E-state index contributed by atoms with van der Waals surface area (Å²) in [4.78, 5) is 0. The SMILES string of the molecule is CCNC(N)=S.OC1CCOC(Cn2ccnn2)[C@H]1O. The van der Waals surface area contributed by atoms with Crippen molar-refractivity contribution in [2.45, 2.75) is 38.2 Å². The van der Waals surface area contributed by atoms with Gasteiger partial charge in [-0.2, -0.15) is 0 Å². The summed E-state index contributed by atoms with van der Waals surface area (Å²) in [5, 5.41) is 29.5. The summed E-state index contributed by atoms with van der Waals surface area (Å²) < 4.78 is 6.91. The summed E-state index contributed by atoms with van der Waals surface area (Å²) in [7, 11) is 0. The Hall–Kier alpha value is -1.29. The van der Waals surface area contributed by atoms with Crippen LogP contribution in [0.1, 0.15) is 13.3 Å². The Morgan fingerprint density at radius 3 is 2.85 bits per heavy atom. The Kier molecular flexibility index (Phi) is 7.37. The van der Waals surface area contributed by atoms with Gasteiger partial charge in [-0.25, -0.2) is 4.68 Å². The molecule has 0 bridgehead atoms. The molecule has 1 aromatic rings. The van der Waals surface area contributed by atoms with Gasteiger partial charge in [0.25, 0.3) is 0 Å². The average Bonchev–Trinajstić information content (AvgIpc) is 2.88. The molecule has 3 atom stereocenters. The van der Waals surface area contributed by atoms with Crippen LogP contribution in [0.15, 0.2) is 12.4 Å². The third kappa shape index (κ3) is 5.78. The molecule has 0 aliphatic carbocycles. The topological polar surface area (TPSA) is 118 Å². The predicted molar refractivity (Wildman–Crippen MR) is 76.9 cm³/mol. The summed E-state index contributed by atoms with van der Waals surface area (Å²) in [6.45, 7) is 3.64. The molecule has 1 aliphatic rings. The largest absolute Gasteiger partial charge is 0.390 e. The number of aliphatic hydroxyl groups is 2. The second-order valence-electron chi connectivity index (χ2n) is 4.28. The molecule has 1 aromatic heterocycles. The van der Waals surface area contributed by atoms with Crippen LogP contribution >= 0.6 is 12.2 Å². The molecule has 0 saturated carbocycles. The van der Waals surface area contributed by atoms with Crippen molar-refractivity contribution in [1.82, 2.24) is 20.3 Å². The molecule has 5 N–H and O–H groups in total. The molecule has 114 valence electrons. The molecule has 9 heteroatoms. The molecule has 2 rings (SSSR count). The molecular formula is C11H21N5O3S. The first-order chi connectivity index (χ1) is 9.54. The fourth-order valence-electron chi connectivity index (χ4n) is 1.71. The van der Waals surface area contributed by atoms with Crippen LogP contribution in [-0.4, -0.2) is 61.8 Å². The van der Waals surface area contributed by atoms with Crippen LogP contribution in [0.3, 0.4) is 0 Å². The number of ether oxygens (including phenoxy) is 1. The van der Waals surface area contributed by atoms with E-state index in [2.05, 4.69) is 27.8 Å². The Morgan fingerprint density at radius 2 is 2.35 bits per heavy atom. The van der Waals surface area contributed by atoms with E-state index in [9.17, 15) is 10.2 Å². The van der Waals surface area contributed by atoms with Crippen LogP contribution in [0.2, 0.25) is 0 Å². The maximum atomic E-state index is 9.60. The smallest absolute Gasteiger partial charge is 0.163 e. The molecule has 2 unspecified atom stereocenters. The summed E-state index contributed by atoms with van der Waals surface area (Å²) in [5.41, 5.74) is 5.02. The molecule has 1 fully saturated rings. The standard InChI is InChI=1S/C8H13N3O3.C3H8N2S/c12-6-1-4-14-7(8(6)13)5-11-3-2-9-10-11;1-2-5-3(4)6/h2-3,6-8,12-13H,1,4-5H2;2H2,1H3,(H3,4,5,6)/t6?,7?,8-;/m0./s1. The number of hydrogen-bond donors (Lipinski definition) is 4. The molecule has 20 heavy (non-hydrogen) atoms. The highest BCUT2D eigenvalue weighted by atomic mass is 32.1. The molecule has 2 heterocycles. The van der Waals surface area contributed by atoms with Crippen LogP contribution in [-0.2, 0) is 11.3 Å². The first kappa shape index (κ1) is 16.8. The lowest BCUT2D eigenvalue weighted by molar-refractivity contribution is -0.140. The van der Waals surface area contributed by atoms with E-state index >= 15 is 0 Å². The zero-order valence-corrected chi connectivity index (χ0v) is 12.2. The minimum absolute atomic E-state index is 0.373. The van der Waals surface area contributed by atoms with Crippen LogP contribution < -0.4 is 11.1 Å². The third-order valence-electron chi connectivity index (χ3n) is 2.71. The van der Waals surface area contributed by atoms with Gasteiger partial charge in [0.1, 0.15) is 12.2 Å². The number of aliphatic hydroxyl groups excluding tert-OH is 2. The Balaban J connectivity index is 0.000000286. The second kappa shape index (κ2) is 8.80. The summed E-state index contributed by atoms with van der Waals surface area (Å²) in [6, 6.07) is 0. The van der Waals surface area contributed by atoms with E-state index in [1.165, 1.54) is 0 Å². The van der Waals surface area contributed by atoms with Crippen molar-refractivity contribution < 1.29 is 14.9 Å². The van der Waals surface area contributed by atoms with Gasteiger partial charge in [-0.3, -0.25) is 0 Å². The van der Waals surface area contributed by atoms with Crippen molar-refractivity contribution in [3.63, 3.8) is 0 Å². The molecule has 8 nitrogen and oxygen atoms in total. The van der Waals surface area contributed by atoms with Crippen molar-refractivity contribution in [2.75, 3.05) is 13.2 Å². The van der Waals surface area contributed by atoms with Crippen molar-refractivity contribution >= 4 is 17.3 Å². The van der Waals surface area contributed by atoms with Crippen LogP contribution in [0.25, 0.3) is 0 Å². The number of hydrogen-bond acceptors (Lipinski definition) is 6. The molecule has 1 saturated heterocycles. The predicted octanol–water partition coefficient (Wildman–Crippen LogP) is -1.37. The normalized spacial score (nSPS) is 25.4. The minimum Gasteiger partial charge on any atom is -0.390 e. The van der Waals surface area contributed by atoms with Gasteiger partial charge < -0.3 is 26.0 Å². The van der Waals surface area contributed by atoms with Gasteiger partial charge in [0, 0.05) is 19.3 Å². The highest BCUT2D eigenvalue weighted by Crippen LogP contribution is 2.15. The maximum absolute atomic E-state index is 9.60. The first-order valence-electron chi connectivity index (χ1n) is 6.39. The molecule has 1 aliphatic heterocycles. The van der Waals surface area contributed by atoms with E-state index in [0.29, 0.717) is 24.7 Å². The van der Waals surface area contributed by atoms with Gasteiger partial charge in [-0.05, 0) is 25.6 Å². The van der Waals surface area contributed by atoms with Gasteiger partial charge in [-0.15, -0.1) is 5.10 Å². The number of nitrogens with two attached hydrogens (primary N) is 1. The lowest BCUT2D eigenvalue weighted by Crippen LogP contribution is -2.46. The number of rotatable bonds is 3. The number of nitrogens with zero attached hydrogens (tertiary/aromatic N) is 3. The van der Waals surface area contributed by atoms with E-state index < -0.39 is 18.3 Å². The number of aromatic nitrogens is 3. The maximum Gasteiger partial charge on any atom is 0.163 e. The van der Waals surface area contributed by atoms with Crippen LogP contribution in [0, 0.1) is 0 Å². The first-order valence-corrected chi connectivity index (χ1v) is 6.80. The monoisotopic (exact) mass is 303 g/mol. The molecule has 0 radical (unpaired) electrons. The van der Waals surface area contributed by atoms with Crippen molar-refractivity contribution in [2.24, 2.45) is 5.73 Å². The van der Waals surface area contributed by atoms with Gasteiger partial charge >= 0.3 is 0 Å². The van der Waals surface area contributed by atoms with Crippen molar-refractivity contribution in [3.8, 4) is 0 Å². The second-order valence-corrected chi connectivity index (χ2v) is 4.72. The third-order valence-corrected chi connectivity index (χ3v) is 2.85. The van der Waals surface area contributed by atoms with Gasteiger partial charge in [0.2, 0.25) is 0 Å². The van der Waals surface area contributed by atoms with Gasteiger partial charge in [0.15, 0.2) is 5.11 Å². The molecule has 0 amide bonds. The molecule has 0 aromatic carbocycles. The van der Waals surface area contributed by atoms with E-state index in [0.717, 1.165) is 6.54 Å². The Bertz CT molecular complexity index is 389. The highest BCUT2D eigenvalue weighted by Gasteiger charge is 2.31. The zero-order chi connectivity index (χ0) is 15.0. The molecular weight excluding hydrogens is 282 g/mol. The fourth-order valence-corrected chi connectivity index (χ4v) is 1.85. The van der Waals surface area contributed by atoms with Crippen molar-refractivity contribution in [3.05, 3.63) is 12.4 Å². The van der Waals surface area contributed by atoms with E-state index in [1.54, 1.807) is 17.1 Å². The lowest BCUT2D eigenvalue weighted by Gasteiger charge is -2.31. The quantitative estimate of drug-likeness (QED) is 0.505. The lowest BCUT2D eigenvalue weighted by atomic mass is 10.0. The van der Waals surface area contributed by atoms with E-state index in [-0.39, 0.29) is 0 Å². The van der Waals surface area contributed by atoms with E-state index in [4.69, 9.17) is 10.5 Å². The van der Waals surface area contributed by atoms with Gasteiger partial charge in [0.05, 0.1) is 18.8 Å². The van der Waals surface area contributed by atoms with Crippen molar-refractivity contribution in [1.29, 1.82) is 0 Å². The summed E-state index contributed by atoms with van der Waals surface area (Å²) >= 11 is 4.46. The summed E-state index contributed by atoms with van der Waals surface area (Å²) in [6.07, 6.45) is 1.79. The highest BCUT2D eigenvalue weighted by molar-refractivity contribution is 7.80. The summed E-state index contributed by atoms with van der Waals surface area (Å²) in [5.74, 6) is 0. The van der Waals surface area contributed by atoms with Crippen LogP contribution in [0.5, 0.6) is 0 Å². The molecule has 0 spiro atoms. The van der Waals surface area contributed by atoms with E-state index in [1.807, 2.05) is 6.92 Å². The Morgan fingerprint density at radius 1 is 1.60 bits per heavy atom. The number of nitrogens with one attached hydrogen (secondary N) is 1. The fraction of sp³-hybridized carbons (Fsp3) is 0.727. The average molecular weight is 303 g/mol. The Labute approximate surface area is 122 Å².